The highest BCUT2D eigenvalue weighted by Gasteiger charge is 2.07. The second kappa shape index (κ2) is 5.76. The van der Waals surface area contributed by atoms with Crippen LogP contribution in [0.1, 0.15) is 11.3 Å². The Hall–Kier alpha value is -1.00. The normalized spacial score (nSPS) is 10.7. The molecule has 0 unspecified atom stereocenters. The zero-order valence-corrected chi connectivity index (χ0v) is 12.6. The van der Waals surface area contributed by atoms with Gasteiger partial charge in [-0.25, -0.2) is 4.98 Å². The third-order valence-electron chi connectivity index (χ3n) is 2.87. The molecular weight excluding hydrogens is 316 g/mol. The van der Waals surface area contributed by atoms with Gasteiger partial charge in [0.05, 0.1) is 24.2 Å². The Morgan fingerprint density at radius 3 is 2.72 bits per heavy atom. The lowest BCUT2D eigenvalue weighted by Crippen LogP contribution is -1.99. The SMILES string of the molecule is COc1ccc(CCc2c(Br)ncn2C)cc1Cl. The van der Waals surface area contributed by atoms with E-state index in [2.05, 4.69) is 20.9 Å². The van der Waals surface area contributed by atoms with Crippen LogP contribution in [0.2, 0.25) is 5.02 Å². The highest BCUT2D eigenvalue weighted by atomic mass is 79.9. The number of nitrogens with zero attached hydrogens (tertiary/aromatic N) is 2. The molecular formula is C13H14BrClN2O. The summed E-state index contributed by atoms with van der Waals surface area (Å²) < 4.78 is 8.07. The summed E-state index contributed by atoms with van der Waals surface area (Å²) in [4.78, 5) is 4.21. The van der Waals surface area contributed by atoms with Crippen molar-refractivity contribution >= 4 is 27.5 Å². The molecule has 2 aromatic rings. The van der Waals surface area contributed by atoms with Gasteiger partial charge in [0.15, 0.2) is 0 Å². The fraction of sp³-hybridized carbons (Fsp3) is 0.308. The largest absolute Gasteiger partial charge is 0.495 e. The number of halogens is 2. The molecule has 2 rings (SSSR count). The predicted molar refractivity (Wildman–Crippen MR) is 76.3 cm³/mol. The van der Waals surface area contributed by atoms with Gasteiger partial charge in [-0.05, 0) is 46.5 Å². The highest BCUT2D eigenvalue weighted by Crippen LogP contribution is 2.26. The molecule has 1 aromatic heterocycles. The number of imidazole rings is 1. The molecule has 1 heterocycles. The zero-order valence-electron chi connectivity index (χ0n) is 10.3. The standard InChI is InChI=1S/C13H14BrClN2O/c1-17-8-16-13(14)11(17)5-3-9-4-6-12(18-2)10(15)7-9/h4,6-8H,3,5H2,1-2H3. The average molecular weight is 330 g/mol. The van der Waals surface area contributed by atoms with Crippen molar-refractivity contribution in [2.45, 2.75) is 12.8 Å². The Balaban J connectivity index is 2.09. The predicted octanol–water partition coefficient (Wildman–Crippen LogP) is 3.63. The Morgan fingerprint density at radius 1 is 1.39 bits per heavy atom. The summed E-state index contributed by atoms with van der Waals surface area (Å²) in [7, 11) is 3.61. The van der Waals surface area contributed by atoms with Crippen LogP contribution in [0.5, 0.6) is 5.75 Å². The van der Waals surface area contributed by atoms with Gasteiger partial charge in [-0.15, -0.1) is 0 Å². The van der Waals surface area contributed by atoms with Crippen LogP contribution in [0.4, 0.5) is 0 Å². The molecule has 0 amide bonds. The van der Waals surface area contributed by atoms with Gasteiger partial charge in [0.25, 0.3) is 0 Å². The van der Waals surface area contributed by atoms with Crippen LogP contribution in [0.25, 0.3) is 0 Å². The molecule has 0 N–H and O–H groups in total. The van der Waals surface area contributed by atoms with E-state index in [0.29, 0.717) is 10.8 Å². The van der Waals surface area contributed by atoms with E-state index in [9.17, 15) is 0 Å². The summed E-state index contributed by atoms with van der Waals surface area (Å²) in [6.45, 7) is 0. The van der Waals surface area contributed by atoms with Gasteiger partial charge in [0, 0.05) is 7.05 Å². The minimum Gasteiger partial charge on any atom is -0.495 e. The van der Waals surface area contributed by atoms with Crippen molar-refractivity contribution in [3.05, 3.63) is 45.4 Å². The van der Waals surface area contributed by atoms with E-state index in [0.717, 1.165) is 17.4 Å². The van der Waals surface area contributed by atoms with Gasteiger partial charge < -0.3 is 9.30 Å². The lowest BCUT2D eigenvalue weighted by atomic mass is 10.1. The number of hydrogen-bond donors (Lipinski definition) is 0. The van der Waals surface area contributed by atoms with Gasteiger partial charge in [0.1, 0.15) is 10.4 Å². The van der Waals surface area contributed by atoms with Crippen molar-refractivity contribution in [3.63, 3.8) is 0 Å². The third-order valence-corrected chi connectivity index (χ3v) is 3.83. The van der Waals surface area contributed by atoms with Crippen LogP contribution < -0.4 is 4.74 Å². The Kier molecular flexibility index (Phi) is 4.30. The molecule has 3 nitrogen and oxygen atoms in total. The van der Waals surface area contributed by atoms with Crippen molar-refractivity contribution in [1.82, 2.24) is 9.55 Å². The maximum absolute atomic E-state index is 6.10. The van der Waals surface area contributed by atoms with E-state index in [1.165, 1.54) is 11.3 Å². The van der Waals surface area contributed by atoms with Crippen molar-refractivity contribution in [2.24, 2.45) is 7.05 Å². The highest BCUT2D eigenvalue weighted by molar-refractivity contribution is 9.10. The Bertz CT molecular complexity index is 534. The molecule has 0 atom stereocenters. The Morgan fingerprint density at radius 2 is 2.17 bits per heavy atom. The Labute approximate surface area is 120 Å². The maximum Gasteiger partial charge on any atom is 0.137 e. The van der Waals surface area contributed by atoms with Crippen LogP contribution in [-0.2, 0) is 19.9 Å². The number of aromatic nitrogens is 2. The first-order chi connectivity index (χ1) is 8.61. The molecule has 18 heavy (non-hydrogen) atoms. The van der Waals surface area contributed by atoms with Crippen molar-refractivity contribution in [1.29, 1.82) is 0 Å². The summed E-state index contributed by atoms with van der Waals surface area (Å²) in [6, 6.07) is 5.88. The first-order valence-corrected chi connectivity index (χ1v) is 6.77. The average Bonchev–Trinajstić information content (AvgIpc) is 2.67. The molecule has 0 radical (unpaired) electrons. The topological polar surface area (TPSA) is 27.1 Å². The molecule has 0 aliphatic heterocycles. The minimum absolute atomic E-state index is 0.652. The van der Waals surface area contributed by atoms with E-state index >= 15 is 0 Å². The van der Waals surface area contributed by atoms with Gasteiger partial charge in [-0.1, -0.05) is 17.7 Å². The second-order valence-corrected chi connectivity index (χ2v) is 5.22. The van der Waals surface area contributed by atoms with E-state index in [1.54, 1.807) is 13.4 Å². The molecule has 0 aliphatic rings. The summed E-state index contributed by atoms with van der Waals surface area (Å²) in [6.07, 6.45) is 3.64. The minimum atomic E-state index is 0.652. The van der Waals surface area contributed by atoms with Crippen LogP contribution in [0.15, 0.2) is 29.1 Å². The van der Waals surface area contributed by atoms with Crippen LogP contribution in [0, 0.1) is 0 Å². The summed E-state index contributed by atoms with van der Waals surface area (Å²) in [5, 5.41) is 0.652. The third kappa shape index (κ3) is 2.87. The number of hydrogen-bond acceptors (Lipinski definition) is 2. The van der Waals surface area contributed by atoms with E-state index in [-0.39, 0.29) is 0 Å². The van der Waals surface area contributed by atoms with E-state index < -0.39 is 0 Å². The monoisotopic (exact) mass is 328 g/mol. The summed E-state index contributed by atoms with van der Waals surface area (Å²) in [5.41, 5.74) is 2.37. The van der Waals surface area contributed by atoms with Crippen molar-refractivity contribution < 1.29 is 4.74 Å². The van der Waals surface area contributed by atoms with Crippen LogP contribution >= 0.6 is 27.5 Å². The van der Waals surface area contributed by atoms with E-state index in [4.69, 9.17) is 16.3 Å². The molecule has 96 valence electrons. The number of aryl methyl sites for hydroxylation is 2. The van der Waals surface area contributed by atoms with Gasteiger partial charge in [-0.2, -0.15) is 0 Å². The van der Waals surface area contributed by atoms with Gasteiger partial charge in [-0.3, -0.25) is 0 Å². The quantitative estimate of drug-likeness (QED) is 0.856. The van der Waals surface area contributed by atoms with Crippen molar-refractivity contribution in [2.75, 3.05) is 7.11 Å². The van der Waals surface area contributed by atoms with Crippen LogP contribution in [-0.4, -0.2) is 16.7 Å². The number of rotatable bonds is 4. The molecule has 0 aliphatic carbocycles. The molecule has 5 heteroatoms. The fourth-order valence-corrected chi connectivity index (χ4v) is 2.68. The summed E-state index contributed by atoms with van der Waals surface area (Å²) >= 11 is 9.55. The van der Waals surface area contributed by atoms with Crippen LogP contribution in [0.3, 0.4) is 0 Å². The van der Waals surface area contributed by atoms with Gasteiger partial charge >= 0.3 is 0 Å². The smallest absolute Gasteiger partial charge is 0.137 e. The second-order valence-electron chi connectivity index (χ2n) is 4.06. The van der Waals surface area contributed by atoms with Gasteiger partial charge in [0.2, 0.25) is 0 Å². The molecule has 0 spiro atoms. The number of ether oxygens (including phenoxy) is 1. The lowest BCUT2D eigenvalue weighted by molar-refractivity contribution is 0.415. The molecule has 0 fully saturated rings. The van der Waals surface area contributed by atoms with Crippen molar-refractivity contribution in [3.8, 4) is 5.75 Å². The maximum atomic E-state index is 6.10. The molecule has 0 saturated heterocycles. The first-order valence-electron chi connectivity index (χ1n) is 5.60. The molecule has 0 bridgehead atoms. The lowest BCUT2D eigenvalue weighted by Gasteiger charge is -2.07. The molecule has 1 aromatic carbocycles. The zero-order chi connectivity index (χ0) is 13.1. The number of methoxy groups -OCH3 is 1. The first kappa shape index (κ1) is 13.4. The fourth-order valence-electron chi connectivity index (χ4n) is 1.83. The summed E-state index contributed by atoms with van der Waals surface area (Å²) in [5.74, 6) is 0.710. The molecule has 0 saturated carbocycles. The number of benzene rings is 1. The van der Waals surface area contributed by atoms with E-state index in [1.807, 2.05) is 29.8 Å².